The highest BCUT2D eigenvalue weighted by atomic mass is 79.9. The zero-order chi connectivity index (χ0) is 15.6. The molecule has 0 atom stereocenters. The van der Waals surface area contributed by atoms with Crippen LogP contribution in [-0.2, 0) is 6.54 Å². The number of amides is 1. The van der Waals surface area contributed by atoms with E-state index >= 15 is 0 Å². The Bertz CT molecular complexity index is 651. The van der Waals surface area contributed by atoms with Gasteiger partial charge >= 0.3 is 0 Å². The Hall–Kier alpha value is -1.26. The Morgan fingerprint density at radius 2 is 2.05 bits per heavy atom. The minimum Gasteiger partial charge on any atom is -0.464 e. The first-order valence-electron chi connectivity index (χ1n) is 6.70. The molecule has 0 unspecified atom stereocenters. The van der Waals surface area contributed by atoms with Gasteiger partial charge in [-0.25, -0.2) is 0 Å². The number of carbonyl (C=O) groups excluding carboxylic acids is 1. The van der Waals surface area contributed by atoms with Crippen LogP contribution in [0.1, 0.15) is 35.7 Å². The highest BCUT2D eigenvalue weighted by molar-refractivity contribution is 9.10. The van der Waals surface area contributed by atoms with Crippen molar-refractivity contribution in [3.05, 3.63) is 56.9 Å². The second-order valence-corrected chi connectivity index (χ2v) is 6.49. The summed E-state index contributed by atoms with van der Waals surface area (Å²) >= 11 is 9.53. The number of hydrogen-bond donors (Lipinski definition) is 0. The molecule has 0 aliphatic rings. The Morgan fingerprint density at radius 1 is 1.33 bits per heavy atom. The van der Waals surface area contributed by atoms with Crippen molar-refractivity contribution in [2.24, 2.45) is 0 Å². The molecule has 1 amide bonds. The molecule has 0 fully saturated rings. The van der Waals surface area contributed by atoms with Gasteiger partial charge in [0.2, 0.25) is 0 Å². The van der Waals surface area contributed by atoms with Gasteiger partial charge in [0.1, 0.15) is 11.5 Å². The third kappa shape index (κ3) is 3.89. The van der Waals surface area contributed by atoms with E-state index in [0.29, 0.717) is 17.1 Å². The Kier molecular flexibility index (Phi) is 5.12. The molecule has 0 bridgehead atoms. The van der Waals surface area contributed by atoms with Crippen molar-refractivity contribution in [1.82, 2.24) is 4.90 Å². The summed E-state index contributed by atoms with van der Waals surface area (Å²) in [5.74, 6) is 1.49. The molecule has 0 aliphatic heterocycles. The summed E-state index contributed by atoms with van der Waals surface area (Å²) in [6.07, 6.45) is 0. The molecule has 1 aromatic carbocycles. The number of nitrogens with zero attached hydrogens (tertiary/aromatic N) is 1. The molecule has 2 rings (SSSR count). The van der Waals surface area contributed by atoms with E-state index in [1.165, 1.54) is 0 Å². The van der Waals surface area contributed by atoms with Gasteiger partial charge in [-0.2, -0.15) is 0 Å². The van der Waals surface area contributed by atoms with E-state index in [-0.39, 0.29) is 11.9 Å². The number of furan rings is 1. The average Bonchev–Trinajstić information content (AvgIpc) is 2.83. The maximum absolute atomic E-state index is 12.7. The third-order valence-corrected chi connectivity index (χ3v) is 3.99. The van der Waals surface area contributed by atoms with Gasteiger partial charge in [-0.1, -0.05) is 27.5 Å². The van der Waals surface area contributed by atoms with E-state index in [1.807, 2.05) is 39.0 Å². The number of hydrogen-bond acceptors (Lipinski definition) is 2. The first kappa shape index (κ1) is 16.1. The molecule has 0 saturated heterocycles. The summed E-state index contributed by atoms with van der Waals surface area (Å²) in [5.41, 5.74) is 0.489. The lowest BCUT2D eigenvalue weighted by molar-refractivity contribution is 0.0675. The summed E-state index contributed by atoms with van der Waals surface area (Å²) in [4.78, 5) is 14.5. The predicted octanol–water partition coefficient (Wildman–Crippen LogP) is 5.05. The van der Waals surface area contributed by atoms with Crippen LogP contribution < -0.4 is 0 Å². The molecule has 1 aromatic heterocycles. The standard InChI is InChI=1S/C16H17BrClNO2/c1-10(2)19(9-13-6-4-11(3)21-13)16(20)14-8-12(17)5-7-15(14)18/h4-8,10H,9H2,1-3H3. The monoisotopic (exact) mass is 369 g/mol. The number of halogens is 2. The Balaban J connectivity index is 2.29. The van der Waals surface area contributed by atoms with E-state index in [2.05, 4.69) is 15.9 Å². The number of benzene rings is 1. The summed E-state index contributed by atoms with van der Waals surface area (Å²) < 4.78 is 6.39. The van der Waals surface area contributed by atoms with Crippen LogP contribution in [0, 0.1) is 6.92 Å². The fourth-order valence-electron chi connectivity index (χ4n) is 2.04. The van der Waals surface area contributed by atoms with Crippen LogP contribution in [0.5, 0.6) is 0 Å². The molecule has 1 heterocycles. The van der Waals surface area contributed by atoms with Crippen LogP contribution in [0.4, 0.5) is 0 Å². The minimum atomic E-state index is -0.106. The molecule has 5 heteroatoms. The van der Waals surface area contributed by atoms with Crippen molar-refractivity contribution in [2.75, 3.05) is 0 Å². The molecule has 3 nitrogen and oxygen atoms in total. The Labute approximate surface area is 138 Å². The van der Waals surface area contributed by atoms with Gasteiger partial charge in [0.05, 0.1) is 17.1 Å². The molecule has 0 spiro atoms. The van der Waals surface area contributed by atoms with E-state index in [0.717, 1.165) is 16.0 Å². The lowest BCUT2D eigenvalue weighted by Crippen LogP contribution is -2.36. The molecule has 0 radical (unpaired) electrons. The fourth-order valence-corrected chi connectivity index (χ4v) is 2.60. The van der Waals surface area contributed by atoms with Gasteiger partial charge in [-0.05, 0) is 51.1 Å². The highest BCUT2D eigenvalue weighted by Crippen LogP contribution is 2.24. The van der Waals surface area contributed by atoms with Gasteiger partial charge in [-0.15, -0.1) is 0 Å². The van der Waals surface area contributed by atoms with E-state index < -0.39 is 0 Å². The van der Waals surface area contributed by atoms with Crippen LogP contribution in [0.25, 0.3) is 0 Å². The van der Waals surface area contributed by atoms with Crippen LogP contribution in [-0.4, -0.2) is 16.8 Å². The second-order valence-electron chi connectivity index (χ2n) is 5.16. The van der Waals surface area contributed by atoms with E-state index in [9.17, 15) is 4.79 Å². The van der Waals surface area contributed by atoms with Crippen LogP contribution in [0.2, 0.25) is 5.02 Å². The lowest BCUT2D eigenvalue weighted by atomic mass is 10.1. The maximum atomic E-state index is 12.7. The lowest BCUT2D eigenvalue weighted by Gasteiger charge is -2.26. The molecule has 2 aromatic rings. The fraction of sp³-hybridized carbons (Fsp3) is 0.312. The smallest absolute Gasteiger partial charge is 0.256 e. The molecular weight excluding hydrogens is 354 g/mol. The summed E-state index contributed by atoms with van der Waals surface area (Å²) in [6, 6.07) is 9.10. The van der Waals surface area contributed by atoms with Gasteiger partial charge in [-0.3, -0.25) is 4.79 Å². The average molecular weight is 371 g/mol. The van der Waals surface area contributed by atoms with Crippen molar-refractivity contribution in [2.45, 2.75) is 33.4 Å². The molecule has 21 heavy (non-hydrogen) atoms. The van der Waals surface area contributed by atoms with Crippen molar-refractivity contribution in [1.29, 1.82) is 0 Å². The van der Waals surface area contributed by atoms with Gasteiger partial charge in [0.15, 0.2) is 0 Å². The highest BCUT2D eigenvalue weighted by Gasteiger charge is 2.22. The van der Waals surface area contributed by atoms with Gasteiger partial charge in [0.25, 0.3) is 5.91 Å². The zero-order valence-corrected chi connectivity index (χ0v) is 14.5. The quantitative estimate of drug-likeness (QED) is 0.754. The number of rotatable bonds is 4. The SMILES string of the molecule is Cc1ccc(CN(C(=O)c2cc(Br)ccc2Cl)C(C)C)o1. The first-order chi connectivity index (χ1) is 9.88. The Morgan fingerprint density at radius 3 is 2.62 bits per heavy atom. The van der Waals surface area contributed by atoms with Crippen LogP contribution in [0.15, 0.2) is 39.2 Å². The first-order valence-corrected chi connectivity index (χ1v) is 7.87. The predicted molar refractivity (Wildman–Crippen MR) is 87.6 cm³/mol. The van der Waals surface area contributed by atoms with Gasteiger partial charge in [0, 0.05) is 10.5 Å². The van der Waals surface area contributed by atoms with Crippen molar-refractivity contribution in [3.63, 3.8) is 0 Å². The molecular formula is C16H17BrClNO2. The topological polar surface area (TPSA) is 33.5 Å². The largest absolute Gasteiger partial charge is 0.464 e. The van der Waals surface area contributed by atoms with E-state index in [1.54, 1.807) is 17.0 Å². The van der Waals surface area contributed by atoms with Crippen molar-refractivity contribution in [3.8, 4) is 0 Å². The molecule has 112 valence electrons. The van der Waals surface area contributed by atoms with E-state index in [4.69, 9.17) is 16.0 Å². The summed E-state index contributed by atoms with van der Waals surface area (Å²) in [6.45, 7) is 6.25. The summed E-state index contributed by atoms with van der Waals surface area (Å²) in [5, 5.41) is 0.449. The normalized spacial score (nSPS) is 11.0. The second kappa shape index (κ2) is 6.67. The van der Waals surface area contributed by atoms with Crippen LogP contribution >= 0.6 is 27.5 Å². The number of carbonyl (C=O) groups is 1. The molecule has 0 N–H and O–H groups in total. The van der Waals surface area contributed by atoms with Crippen molar-refractivity contribution >= 4 is 33.4 Å². The minimum absolute atomic E-state index is 0.0398. The third-order valence-electron chi connectivity index (χ3n) is 3.17. The summed E-state index contributed by atoms with van der Waals surface area (Å²) in [7, 11) is 0. The number of aryl methyl sites for hydroxylation is 1. The molecule has 0 saturated carbocycles. The van der Waals surface area contributed by atoms with Gasteiger partial charge < -0.3 is 9.32 Å². The zero-order valence-electron chi connectivity index (χ0n) is 12.2. The van der Waals surface area contributed by atoms with Crippen LogP contribution in [0.3, 0.4) is 0 Å². The molecule has 0 aliphatic carbocycles. The maximum Gasteiger partial charge on any atom is 0.256 e. The van der Waals surface area contributed by atoms with Crippen molar-refractivity contribution < 1.29 is 9.21 Å².